The Balaban J connectivity index is 1.22. The van der Waals surface area contributed by atoms with Gasteiger partial charge in [-0.3, -0.25) is 9.59 Å². The van der Waals surface area contributed by atoms with Gasteiger partial charge < -0.3 is 15.0 Å². The molecular formula is C23H21ClN2O3. The highest BCUT2D eigenvalue weighted by molar-refractivity contribution is 6.30. The molecule has 1 N–H and O–H groups in total. The van der Waals surface area contributed by atoms with Gasteiger partial charge in [-0.05, 0) is 48.2 Å². The van der Waals surface area contributed by atoms with E-state index in [1.54, 1.807) is 29.2 Å². The molecule has 3 aromatic carbocycles. The lowest BCUT2D eigenvalue weighted by Gasteiger charge is -2.17. The lowest BCUT2D eigenvalue weighted by molar-refractivity contribution is -0.121. The fourth-order valence-corrected chi connectivity index (χ4v) is 3.70. The molecule has 1 aliphatic rings. The molecule has 0 fully saturated rings. The molecule has 0 saturated carbocycles. The minimum Gasteiger partial charge on any atom is -0.492 e. The molecule has 0 spiro atoms. The number of anilines is 1. The maximum atomic E-state index is 12.7. The standard InChI is InChI=1S/C23H21ClN2O3/c24-17-9-11-18(12-10-17)29-15-13-25-21(27)8-3-14-26-20-7-2-5-16-4-1-6-19(22(16)20)23(26)28/h1-2,4-7,9-12H,3,8,13-15H2,(H,25,27). The Kier molecular flexibility index (Phi) is 5.67. The summed E-state index contributed by atoms with van der Waals surface area (Å²) < 4.78 is 5.55. The van der Waals surface area contributed by atoms with Crippen molar-refractivity contribution in [1.82, 2.24) is 5.32 Å². The van der Waals surface area contributed by atoms with E-state index in [9.17, 15) is 9.59 Å². The van der Waals surface area contributed by atoms with Crippen LogP contribution in [0.3, 0.4) is 0 Å². The van der Waals surface area contributed by atoms with Crippen LogP contribution in [0.1, 0.15) is 23.2 Å². The first-order valence-corrected chi connectivity index (χ1v) is 10.00. The van der Waals surface area contributed by atoms with Gasteiger partial charge in [0.25, 0.3) is 5.91 Å². The molecule has 2 amide bonds. The summed E-state index contributed by atoms with van der Waals surface area (Å²) in [6.45, 7) is 1.32. The van der Waals surface area contributed by atoms with Crippen LogP contribution >= 0.6 is 11.6 Å². The van der Waals surface area contributed by atoms with Crippen LogP contribution < -0.4 is 15.0 Å². The van der Waals surface area contributed by atoms with Crippen molar-refractivity contribution in [1.29, 1.82) is 0 Å². The van der Waals surface area contributed by atoms with Crippen molar-refractivity contribution in [3.63, 3.8) is 0 Å². The summed E-state index contributed by atoms with van der Waals surface area (Å²) in [5, 5.41) is 5.57. The van der Waals surface area contributed by atoms with Gasteiger partial charge in [-0.15, -0.1) is 0 Å². The van der Waals surface area contributed by atoms with E-state index in [2.05, 4.69) is 5.32 Å². The Morgan fingerprint density at radius 3 is 2.59 bits per heavy atom. The lowest BCUT2D eigenvalue weighted by atomic mass is 10.1. The van der Waals surface area contributed by atoms with E-state index < -0.39 is 0 Å². The Bertz CT molecular complexity index is 1040. The molecule has 29 heavy (non-hydrogen) atoms. The van der Waals surface area contributed by atoms with Gasteiger partial charge >= 0.3 is 0 Å². The van der Waals surface area contributed by atoms with Crippen LogP contribution in [0.25, 0.3) is 10.8 Å². The molecule has 1 heterocycles. The van der Waals surface area contributed by atoms with Gasteiger partial charge in [0.05, 0.1) is 12.2 Å². The first-order valence-electron chi connectivity index (χ1n) is 9.62. The highest BCUT2D eigenvalue weighted by Crippen LogP contribution is 2.37. The van der Waals surface area contributed by atoms with Crippen molar-refractivity contribution < 1.29 is 14.3 Å². The number of carbonyl (C=O) groups excluding carboxylic acids is 2. The molecule has 4 rings (SSSR count). The number of ether oxygens (including phenoxy) is 1. The van der Waals surface area contributed by atoms with E-state index in [0.717, 1.165) is 22.0 Å². The number of rotatable bonds is 8. The van der Waals surface area contributed by atoms with Crippen molar-refractivity contribution in [2.75, 3.05) is 24.6 Å². The molecule has 5 nitrogen and oxygen atoms in total. The van der Waals surface area contributed by atoms with Gasteiger partial charge in [-0.2, -0.15) is 0 Å². The number of nitrogens with zero attached hydrogens (tertiary/aromatic N) is 1. The van der Waals surface area contributed by atoms with E-state index in [4.69, 9.17) is 16.3 Å². The third-order valence-corrected chi connectivity index (χ3v) is 5.19. The zero-order chi connectivity index (χ0) is 20.2. The van der Waals surface area contributed by atoms with Gasteiger partial charge in [0.2, 0.25) is 5.91 Å². The summed E-state index contributed by atoms with van der Waals surface area (Å²) in [4.78, 5) is 26.6. The minimum absolute atomic E-state index is 0.00794. The summed E-state index contributed by atoms with van der Waals surface area (Å²) in [6, 6.07) is 18.8. The number of halogens is 1. The molecule has 0 radical (unpaired) electrons. The predicted molar refractivity (Wildman–Crippen MR) is 115 cm³/mol. The first-order chi connectivity index (χ1) is 14.1. The number of amides is 2. The average molecular weight is 409 g/mol. The zero-order valence-corrected chi connectivity index (χ0v) is 16.6. The van der Waals surface area contributed by atoms with Gasteiger partial charge in [-0.1, -0.05) is 35.9 Å². The van der Waals surface area contributed by atoms with Crippen LogP contribution in [-0.2, 0) is 4.79 Å². The topological polar surface area (TPSA) is 58.6 Å². The summed E-state index contributed by atoms with van der Waals surface area (Å²) in [5.41, 5.74) is 1.67. The van der Waals surface area contributed by atoms with E-state index in [0.29, 0.717) is 43.3 Å². The second kappa shape index (κ2) is 8.53. The Hall–Kier alpha value is -3.05. The molecule has 0 atom stereocenters. The van der Waals surface area contributed by atoms with Crippen molar-refractivity contribution in [2.24, 2.45) is 0 Å². The summed E-state index contributed by atoms with van der Waals surface area (Å²) in [7, 11) is 0. The van der Waals surface area contributed by atoms with Crippen molar-refractivity contribution in [3.8, 4) is 5.75 Å². The number of hydrogen-bond acceptors (Lipinski definition) is 3. The highest BCUT2D eigenvalue weighted by Gasteiger charge is 2.28. The summed E-state index contributed by atoms with van der Waals surface area (Å²) in [5.74, 6) is 0.672. The lowest BCUT2D eigenvalue weighted by Crippen LogP contribution is -2.31. The largest absolute Gasteiger partial charge is 0.492 e. The van der Waals surface area contributed by atoms with Gasteiger partial charge in [0.15, 0.2) is 0 Å². The number of carbonyl (C=O) groups is 2. The average Bonchev–Trinajstić information content (AvgIpc) is 3.01. The zero-order valence-electron chi connectivity index (χ0n) is 15.9. The highest BCUT2D eigenvalue weighted by atomic mass is 35.5. The molecule has 0 unspecified atom stereocenters. The molecule has 0 aromatic heterocycles. The molecule has 1 aliphatic heterocycles. The summed E-state index contributed by atoms with van der Waals surface area (Å²) in [6.07, 6.45) is 0.955. The van der Waals surface area contributed by atoms with E-state index in [1.807, 2.05) is 36.4 Å². The fourth-order valence-electron chi connectivity index (χ4n) is 3.58. The molecule has 148 valence electrons. The van der Waals surface area contributed by atoms with Gasteiger partial charge in [-0.25, -0.2) is 0 Å². The summed E-state index contributed by atoms with van der Waals surface area (Å²) >= 11 is 5.83. The van der Waals surface area contributed by atoms with Crippen LogP contribution in [0.4, 0.5) is 5.69 Å². The number of benzene rings is 3. The molecule has 0 saturated heterocycles. The maximum absolute atomic E-state index is 12.7. The monoisotopic (exact) mass is 408 g/mol. The molecule has 3 aromatic rings. The van der Waals surface area contributed by atoms with Crippen LogP contribution in [-0.4, -0.2) is 31.5 Å². The van der Waals surface area contributed by atoms with Crippen molar-refractivity contribution in [3.05, 3.63) is 71.2 Å². The molecule has 0 bridgehead atoms. The van der Waals surface area contributed by atoms with Crippen molar-refractivity contribution >= 4 is 39.9 Å². The van der Waals surface area contributed by atoms with Crippen LogP contribution in [0.2, 0.25) is 5.02 Å². The quantitative estimate of drug-likeness (QED) is 0.561. The van der Waals surface area contributed by atoms with Gasteiger partial charge in [0.1, 0.15) is 12.4 Å². The Morgan fingerprint density at radius 1 is 1.03 bits per heavy atom. The fraction of sp³-hybridized carbons (Fsp3) is 0.217. The Labute approximate surface area is 174 Å². The SMILES string of the molecule is O=C(CCCN1C(=O)c2cccc3cccc1c23)NCCOc1ccc(Cl)cc1. The van der Waals surface area contributed by atoms with Crippen LogP contribution in [0.15, 0.2) is 60.7 Å². The van der Waals surface area contributed by atoms with Crippen LogP contribution in [0, 0.1) is 0 Å². The van der Waals surface area contributed by atoms with E-state index in [-0.39, 0.29) is 11.8 Å². The van der Waals surface area contributed by atoms with E-state index in [1.165, 1.54) is 0 Å². The van der Waals surface area contributed by atoms with Crippen LogP contribution in [0.5, 0.6) is 5.75 Å². The number of hydrogen-bond donors (Lipinski definition) is 1. The maximum Gasteiger partial charge on any atom is 0.258 e. The molecule has 0 aliphatic carbocycles. The Morgan fingerprint density at radius 2 is 1.79 bits per heavy atom. The second-order valence-electron chi connectivity index (χ2n) is 6.89. The predicted octanol–water partition coefficient (Wildman–Crippen LogP) is 4.43. The molecular weight excluding hydrogens is 388 g/mol. The minimum atomic E-state index is -0.0490. The van der Waals surface area contributed by atoms with Crippen molar-refractivity contribution in [2.45, 2.75) is 12.8 Å². The third-order valence-electron chi connectivity index (χ3n) is 4.94. The number of nitrogens with one attached hydrogen (secondary N) is 1. The van der Waals surface area contributed by atoms with E-state index >= 15 is 0 Å². The third kappa shape index (κ3) is 4.20. The normalized spacial score (nSPS) is 12.4. The smallest absolute Gasteiger partial charge is 0.258 e. The second-order valence-corrected chi connectivity index (χ2v) is 7.33. The molecule has 6 heteroatoms. The first kappa shape index (κ1) is 19.3. The van der Waals surface area contributed by atoms with Gasteiger partial charge in [0, 0.05) is 28.9 Å².